The van der Waals surface area contributed by atoms with Crippen molar-refractivity contribution in [2.24, 2.45) is 0 Å². The fraction of sp³-hybridized carbons (Fsp3) is 0.0909. The molecule has 72 valence electrons. The Kier molecular flexibility index (Phi) is 3.61. The molecule has 0 unspecified atom stereocenters. The summed E-state index contributed by atoms with van der Waals surface area (Å²) in [4.78, 5) is 20.6. The monoisotopic (exact) mass is 189 g/mol. The highest BCUT2D eigenvalue weighted by Gasteiger charge is 2.01. The third-order valence-corrected chi connectivity index (χ3v) is 1.88. The number of carbonyl (C=O) groups is 2. The zero-order chi connectivity index (χ0) is 10.4. The molecule has 0 fully saturated rings. The summed E-state index contributed by atoms with van der Waals surface area (Å²) in [7, 11) is 0. The standard InChI is InChI=1S/C11H11NO2/c1-9(6-7-13)10-4-2-3-5-11(10)12-8-14/h2-8H,1H3,(H,12,14)/b9-6+. The average Bonchev–Trinajstić information content (AvgIpc) is 2.19. The third-order valence-electron chi connectivity index (χ3n) is 1.88. The van der Waals surface area contributed by atoms with E-state index in [1.165, 1.54) is 6.08 Å². The van der Waals surface area contributed by atoms with Gasteiger partial charge in [0.1, 0.15) is 6.29 Å². The summed E-state index contributed by atoms with van der Waals surface area (Å²) < 4.78 is 0. The molecule has 0 aliphatic rings. The zero-order valence-corrected chi connectivity index (χ0v) is 7.86. The van der Waals surface area contributed by atoms with Crippen molar-refractivity contribution in [2.75, 3.05) is 5.32 Å². The van der Waals surface area contributed by atoms with Crippen LogP contribution < -0.4 is 5.32 Å². The summed E-state index contributed by atoms with van der Waals surface area (Å²) in [6.07, 6.45) is 2.81. The maximum atomic E-state index is 10.3. The molecule has 0 saturated heterocycles. The van der Waals surface area contributed by atoms with Crippen LogP contribution in [0.4, 0.5) is 5.69 Å². The van der Waals surface area contributed by atoms with Gasteiger partial charge in [0.15, 0.2) is 0 Å². The van der Waals surface area contributed by atoms with E-state index in [4.69, 9.17) is 0 Å². The van der Waals surface area contributed by atoms with Gasteiger partial charge < -0.3 is 5.32 Å². The van der Waals surface area contributed by atoms with E-state index >= 15 is 0 Å². The Labute approximate surface area is 82.4 Å². The SMILES string of the molecule is C/C(=C\C=O)c1ccccc1NC=O. The van der Waals surface area contributed by atoms with Crippen molar-refractivity contribution in [1.82, 2.24) is 0 Å². The van der Waals surface area contributed by atoms with Gasteiger partial charge in [0.2, 0.25) is 6.41 Å². The number of hydrogen-bond acceptors (Lipinski definition) is 2. The smallest absolute Gasteiger partial charge is 0.211 e. The van der Waals surface area contributed by atoms with Gasteiger partial charge in [0.05, 0.1) is 0 Å². The van der Waals surface area contributed by atoms with E-state index < -0.39 is 0 Å². The fourth-order valence-corrected chi connectivity index (χ4v) is 1.21. The first-order valence-corrected chi connectivity index (χ1v) is 4.21. The number of allylic oxidation sites excluding steroid dienone is 2. The predicted octanol–water partition coefficient (Wildman–Crippen LogP) is 1.86. The molecule has 0 bridgehead atoms. The van der Waals surface area contributed by atoms with Crippen LogP contribution in [0, 0.1) is 0 Å². The number of anilines is 1. The Bertz CT molecular complexity index is 369. The number of aldehydes is 1. The highest BCUT2D eigenvalue weighted by Crippen LogP contribution is 2.22. The summed E-state index contributed by atoms with van der Waals surface area (Å²) in [5.41, 5.74) is 2.38. The van der Waals surface area contributed by atoms with E-state index in [1.54, 1.807) is 6.07 Å². The van der Waals surface area contributed by atoms with Crippen LogP contribution in [0.1, 0.15) is 12.5 Å². The molecule has 0 aliphatic carbocycles. The molecular formula is C11H11NO2. The largest absolute Gasteiger partial charge is 0.328 e. The maximum absolute atomic E-state index is 10.3. The lowest BCUT2D eigenvalue weighted by Crippen LogP contribution is -1.97. The van der Waals surface area contributed by atoms with E-state index in [1.807, 2.05) is 25.1 Å². The number of carbonyl (C=O) groups excluding carboxylic acids is 2. The van der Waals surface area contributed by atoms with Gasteiger partial charge in [-0.05, 0) is 24.6 Å². The van der Waals surface area contributed by atoms with Crippen LogP contribution in [-0.2, 0) is 9.59 Å². The number of amides is 1. The van der Waals surface area contributed by atoms with Crippen molar-refractivity contribution >= 4 is 24.0 Å². The van der Waals surface area contributed by atoms with Crippen molar-refractivity contribution in [3.63, 3.8) is 0 Å². The molecule has 0 saturated carbocycles. The lowest BCUT2D eigenvalue weighted by molar-refractivity contribution is -0.105. The van der Waals surface area contributed by atoms with Crippen LogP contribution >= 0.6 is 0 Å². The minimum Gasteiger partial charge on any atom is -0.328 e. The number of para-hydroxylation sites is 1. The second-order valence-corrected chi connectivity index (χ2v) is 2.79. The molecule has 1 aromatic rings. The number of hydrogen-bond donors (Lipinski definition) is 1. The molecule has 14 heavy (non-hydrogen) atoms. The first-order chi connectivity index (χ1) is 6.79. The topological polar surface area (TPSA) is 46.2 Å². The van der Waals surface area contributed by atoms with Crippen LogP contribution in [0.2, 0.25) is 0 Å². The maximum Gasteiger partial charge on any atom is 0.211 e. The Morgan fingerprint density at radius 1 is 1.29 bits per heavy atom. The van der Waals surface area contributed by atoms with Gasteiger partial charge in [0.25, 0.3) is 0 Å². The van der Waals surface area contributed by atoms with Gasteiger partial charge >= 0.3 is 0 Å². The molecule has 1 rings (SSSR count). The van der Waals surface area contributed by atoms with Crippen molar-refractivity contribution in [3.8, 4) is 0 Å². The van der Waals surface area contributed by atoms with Crippen LogP contribution in [-0.4, -0.2) is 12.7 Å². The van der Waals surface area contributed by atoms with E-state index in [0.29, 0.717) is 12.1 Å². The van der Waals surface area contributed by atoms with Gasteiger partial charge in [-0.2, -0.15) is 0 Å². The average molecular weight is 189 g/mol. The molecule has 0 spiro atoms. The first-order valence-electron chi connectivity index (χ1n) is 4.21. The highest BCUT2D eigenvalue weighted by molar-refractivity contribution is 5.87. The predicted molar refractivity (Wildman–Crippen MR) is 55.8 cm³/mol. The summed E-state index contributed by atoms with van der Waals surface area (Å²) >= 11 is 0. The molecule has 3 nitrogen and oxygen atoms in total. The molecule has 0 atom stereocenters. The normalized spacial score (nSPS) is 10.8. The quantitative estimate of drug-likeness (QED) is 0.580. The highest BCUT2D eigenvalue weighted by atomic mass is 16.1. The van der Waals surface area contributed by atoms with E-state index in [2.05, 4.69) is 5.32 Å². The molecule has 0 aromatic heterocycles. The summed E-state index contributed by atoms with van der Waals surface area (Å²) in [6, 6.07) is 7.31. The zero-order valence-electron chi connectivity index (χ0n) is 7.86. The third kappa shape index (κ3) is 2.29. The minimum absolute atomic E-state index is 0.618. The summed E-state index contributed by atoms with van der Waals surface area (Å²) in [5, 5.41) is 2.58. The number of benzene rings is 1. The minimum atomic E-state index is 0.618. The molecule has 1 N–H and O–H groups in total. The van der Waals surface area contributed by atoms with Gasteiger partial charge in [-0.3, -0.25) is 9.59 Å². The van der Waals surface area contributed by atoms with Crippen molar-refractivity contribution in [3.05, 3.63) is 35.9 Å². The Morgan fingerprint density at radius 3 is 2.64 bits per heavy atom. The van der Waals surface area contributed by atoms with Crippen LogP contribution in [0.3, 0.4) is 0 Å². The lowest BCUT2D eigenvalue weighted by Gasteiger charge is -2.07. The van der Waals surface area contributed by atoms with Gasteiger partial charge in [-0.25, -0.2) is 0 Å². The van der Waals surface area contributed by atoms with E-state index in [-0.39, 0.29) is 0 Å². The lowest BCUT2D eigenvalue weighted by atomic mass is 10.1. The molecule has 1 aromatic carbocycles. The van der Waals surface area contributed by atoms with Gasteiger partial charge in [0, 0.05) is 11.3 Å². The van der Waals surface area contributed by atoms with Gasteiger partial charge in [-0.1, -0.05) is 18.2 Å². The van der Waals surface area contributed by atoms with Crippen LogP contribution in [0.25, 0.3) is 5.57 Å². The van der Waals surface area contributed by atoms with E-state index in [9.17, 15) is 9.59 Å². The van der Waals surface area contributed by atoms with Crippen molar-refractivity contribution in [1.29, 1.82) is 0 Å². The van der Waals surface area contributed by atoms with E-state index in [0.717, 1.165) is 17.4 Å². The fourth-order valence-electron chi connectivity index (χ4n) is 1.21. The summed E-state index contributed by atoms with van der Waals surface area (Å²) in [6.45, 7) is 1.82. The molecule has 1 amide bonds. The molecular weight excluding hydrogens is 178 g/mol. The Hall–Kier alpha value is -1.90. The molecule has 0 heterocycles. The molecule has 3 heteroatoms. The number of nitrogens with one attached hydrogen (secondary N) is 1. The molecule has 0 radical (unpaired) electrons. The second-order valence-electron chi connectivity index (χ2n) is 2.79. The van der Waals surface area contributed by atoms with Crippen molar-refractivity contribution in [2.45, 2.75) is 6.92 Å². The molecule has 0 aliphatic heterocycles. The number of rotatable bonds is 4. The van der Waals surface area contributed by atoms with Crippen LogP contribution in [0.15, 0.2) is 30.3 Å². The second kappa shape index (κ2) is 4.97. The summed E-state index contributed by atoms with van der Waals surface area (Å²) in [5.74, 6) is 0. The van der Waals surface area contributed by atoms with Crippen LogP contribution in [0.5, 0.6) is 0 Å². The Morgan fingerprint density at radius 2 is 2.00 bits per heavy atom. The Balaban J connectivity index is 3.11. The van der Waals surface area contributed by atoms with Crippen molar-refractivity contribution < 1.29 is 9.59 Å². The first kappa shape index (κ1) is 10.2. The van der Waals surface area contributed by atoms with Gasteiger partial charge in [-0.15, -0.1) is 0 Å².